The van der Waals surface area contributed by atoms with E-state index < -0.39 is 11.9 Å². The molecule has 2 rings (SSSR count). The SMILES string of the molecule is CCCOC(=O)c1cccc(OC(=O)c2ccc(Br)o2)c1. The second-order valence-electron chi connectivity index (χ2n) is 4.16. The molecule has 0 spiro atoms. The molecule has 0 atom stereocenters. The molecule has 6 heteroatoms. The maximum absolute atomic E-state index is 11.8. The van der Waals surface area contributed by atoms with E-state index in [2.05, 4.69) is 15.9 Å². The Labute approximate surface area is 130 Å². The summed E-state index contributed by atoms with van der Waals surface area (Å²) in [4.78, 5) is 23.6. The van der Waals surface area contributed by atoms with Gasteiger partial charge in [-0.3, -0.25) is 0 Å². The fourth-order valence-corrected chi connectivity index (χ4v) is 1.85. The molecule has 0 fully saturated rings. The van der Waals surface area contributed by atoms with Crippen LogP contribution in [-0.2, 0) is 4.74 Å². The zero-order chi connectivity index (χ0) is 15.2. The van der Waals surface area contributed by atoms with E-state index in [1.807, 2.05) is 6.92 Å². The summed E-state index contributed by atoms with van der Waals surface area (Å²) in [7, 11) is 0. The molecule has 1 aromatic carbocycles. The quantitative estimate of drug-likeness (QED) is 0.604. The van der Waals surface area contributed by atoms with Gasteiger partial charge in [0.25, 0.3) is 0 Å². The molecule has 0 saturated carbocycles. The zero-order valence-corrected chi connectivity index (χ0v) is 12.9. The van der Waals surface area contributed by atoms with E-state index in [4.69, 9.17) is 13.9 Å². The van der Waals surface area contributed by atoms with Crippen molar-refractivity contribution < 1.29 is 23.5 Å². The highest BCUT2D eigenvalue weighted by molar-refractivity contribution is 9.10. The normalized spacial score (nSPS) is 10.2. The topological polar surface area (TPSA) is 65.7 Å². The predicted molar refractivity (Wildman–Crippen MR) is 78.4 cm³/mol. The average molecular weight is 353 g/mol. The van der Waals surface area contributed by atoms with Gasteiger partial charge in [0.2, 0.25) is 5.76 Å². The van der Waals surface area contributed by atoms with Crippen LogP contribution >= 0.6 is 15.9 Å². The van der Waals surface area contributed by atoms with Gasteiger partial charge in [-0.1, -0.05) is 13.0 Å². The second kappa shape index (κ2) is 7.08. The standard InChI is InChI=1S/C15H13BrO5/c1-2-8-19-14(17)10-4-3-5-11(9-10)20-15(18)12-6-7-13(16)21-12/h3-7,9H,2,8H2,1H3. The Balaban J connectivity index is 2.07. The van der Waals surface area contributed by atoms with Crippen LogP contribution in [0.2, 0.25) is 0 Å². The van der Waals surface area contributed by atoms with Crippen LogP contribution in [0, 0.1) is 0 Å². The molecule has 1 aromatic heterocycles. The van der Waals surface area contributed by atoms with Crippen LogP contribution in [0.1, 0.15) is 34.3 Å². The highest BCUT2D eigenvalue weighted by Crippen LogP contribution is 2.19. The monoisotopic (exact) mass is 352 g/mol. The van der Waals surface area contributed by atoms with Crippen molar-refractivity contribution in [1.29, 1.82) is 0 Å². The Hall–Kier alpha value is -2.08. The highest BCUT2D eigenvalue weighted by atomic mass is 79.9. The number of carbonyl (C=O) groups excluding carboxylic acids is 2. The van der Waals surface area contributed by atoms with Gasteiger partial charge in [-0.25, -0.2) is 9.59 Å². The van der Waals surface area contributed by atoms with Crippen LogP contribution in [0.5, 0.6) is 5.75 Å². The van der Waals surface area contributed by atoms with Crippen LogP contribution in [0.3, 0.4) is 0 Å². The van der Waals surface area contributed by atoms with Gasteiger partial charge in [-0.2, -0.15) is 0 Å². The number of esters is 2. The van der Waals surface area contributed by atoms with Crippen LogP contribution in [-0.4, -0.2) is 18.5 Å². The third-order valence-electron chi connectivity index (χ3n) is 2.49. The molecule has 21 heavy (non-hydrogen) atoms. The number of halogens is 1. The van der Waals surface area contributed by atoms with E-state index in [0.717, 1.165) is 6.42 Å². The molecule has 0 aliphatic rings. The first-order valence-corrected chi connectivity index (χ1v) is 7.14. The molecule has 0 aliphatic carbocycles. The first kappa shape index (κ1) is 15.3. The van der Waals surface area contributed by atoms with Crippen LogP contribution in [0.25, 0.3) is 0 Å². The van der Waals surface area contributed by atoms with Gasteiger partial charge >= 0.3 is 11.9 Å². The van der Waals surface area contributed by atoms with E-state index in [1.54, 1.807) is 24.3 Å². The predicted octanol–water partition coefficient (Wildman–Crippen LogP) is 3.83. The highest BCUT2D eigenvalue weighted by Gasteiger charge is 2.14. The number of rotatable bonds is 5. The minimum atomic E-state index is -0.639. The summed E-state index contributed by atoms with van der Waals surface area (Å²) in [5.41, 5.74) is 0.328. The molecule has 0 N–H and O–H groups in total. The van der Waals surface area contributed by atoms with Gasteiger partial charge in [-0.15, -0.1) is 0 Å². The number of furan rings is 1. The Morgan fingerprint density at radius 3 is 2.67 bits per heavy atom. The lowest BCUT2D eigenvalue weighted by atomic mass is 10.2. The molecule has 0 unspecified atom stereocenters. The van der Waals surface area contributed by atoms with Crippen LogP contribution < -0.4 is 4.74 Å². The molecule has 0 saturated heterocycles. The third kappa shape index (κ3) is 4.19. The maximum atomic E-state index is 11.8. The molecule has 0 radical (unpaired) electrons. The first-order chi connectivity index (χ1) is 10.1. The maximum Gasteiger partial charge on any atom is 0.379 e. The summed E-state index contributed by atoms with van der Waals surface area (Å²) >= 11 is 3.10. The second-order valence-corrected chi connectivity index (χ2v) is 4.94. The van der Waals surface area contributed by atoms with Crippen molar-refractivity contribution in [3.05, 3.63) is 52.4 Å². The Morgan fingerprint density at radius 1 is 1.19 bits per heavy atom. The van der Waals surface area contributed by atoms with Gasteiger partial charge in [-0.05, 0) is 52.7 Å². The minimum absolute atomic E-state index is 0.0702. The van der Waals surface area contributed by atoms with E-state index in [-0.39, 0.29) is 11.5 Å². The summed E-state index contributed by atoms with van der Waals surface area (Å²) < 4.78 is 15.7. The molecular weight excluding hydrogens is 340 g/mol. The number of benzene rings is 1. The molecule has 1 heterocycles. The average Bonchev–Trinajstić information content (AvgIpc) is 2.91. The fourth-order valence-electron chi connectivity index (χ4n) is 1.55. The van der Waals surface area contributed by atoms with Crippen molar-refractivity contribution in [3.63, 3.8) is 0 Å². The lowest BCUT2D eigenvalue weighted by Crippen LogP contribution is -2.09. The summed E-state index contributed by atoms with van der Waals surface area (Å²) in [5, 5.41) is 0. The third-order valence-corrected chi connectivity index (χ3v) is 2.92. The number of ether oxygens (including phenoxy) is 2. The molecule has 5 nitrogen and oxygen atoms in total. The largest absolute Gasteiger partial charge is 0.462 e. The number of hydrogen-bond donors (Lipinski definition) is 0. The first-order valence-electron chi connectivity index (χ1n) is 6.35. The van der Waals surface area contributed by atoms with Crippen molar-refractivity contribution in [2.24, 2.45) is 0 Å². The molecule has 2 aromatic rings. The lowest BCUT2D eigenvalue weighted by Gasteiger charge is -2.06. The van der Waals surface area contributed by atoms with E-state index in [1.165, 1.54) is 12.1 Å². The Bertz CT molecular complexity index is 647. The van der Waals surface area contributed by atoms with E-state index in [0.29, 0.717) is 16.8 Å². The molecule has 0 aliphatic heterocycles. The minimum Gasteiger partial charge on any atom is -0.462 e. The number of carbonyl (C=O) groups is 2. The van der Waals surface area contributed by atoms with Crippen LogP contribution in [0.4, 0.5) is 0 Å². The van der Waals surface area contributed by atoms with Gasteiger partial charge in [0.05, 0.1) is 12.2 Å². The summed E-state index contributed by atoms with van der Waals surface area (Å²) in [6.45, 7) is 2.26. The fraction of sp³-hybridized carbons (Fsp3) is 0.200. The molecule has 0 amide bonds. The zero-order valence-electron chi connectivity index (χ0n) is 11.3. The van der Waals surface area contributed by atoms with Gasteiger partial charge in [0, 0.05) is 0 Å². The van der Waals surface area contributed by atoms with Crippen molar-refractivity contribution in [2.45, 2.75) is 13.3 Å². The summed E-state index contributed by atoms with van der Waals surface area (Å²) in [6, 6.07) is 9.32. The van der Waals surface area contributed by atoms with Crippen molar-refractivity contribution >= 4 is 27.9 Å². The number of hydrogen-bond acceptors (Lipinski definition) is 5. The van der Waals surface area contributed by atoms with Gasteiger partial charge in [0.1, 0.15) is 5.75 Å². The Morgan fingerprint density at radius 2 is 2.00 bits per heavy atom. The Kier molecular flexibility index (Phi) is 5.16. The van der Waals surface area contributed by atoms with E-state index in [9.17, 15) is 9.59 Å². The van der Waals surface area contributed by atoms with Crippen molar-refractivity contribution in [1.82, 2.24) is 0 Å². The van der Waals surface area contributed by atoms with Crippen molar-refractivity contribution in [2.75, 3.05) is 6.61 Å². The molecular formula is C15H13BrO5. The summed E-state index contributed by atoms with van der Waals surface area (Å²) in [5.74, 6) is -0.769. The molecule has 110 valence electrons. The summed E-state index contributed by atoms with van der Waals surface area (Å²) in [6.07, 6.45) is 0.744. The molecule has 0 bridgehead atoms. The van der Waals surface area contributed by atoms with E-state index >= 15 is 0 Å². The van der Waals surface area contributed by atoms with Crippen LogP contribution in [0.15, 0.2) is 45.5 Å². The van der Waals surface area contributed by atoms with Crippen molar-refractivity contribution in [3.8, 4) is 5.75 Å². The van der Waals surface area contributed by atoms with Gasteiger partial charge < -0.3 is 13.9 Å². The smallest absolute Gasteiger partial charge is 0.379 e. The van der Waals surface area contributed by atoms with Gasteiger partial charge in [0.15, 0.2) is 4.67 Å². The lowest BCUT2D eigenvalue weighted by molar-refractivity contribution is 0.0503.